The quantitative estimate of drug-likeness (QED) is 0.118. The summed E-state index contributed by atoms with van der Waals surface area (Å²) >= 11 is 0. The first kappa shape index (κ1) is 91.8. The van der Waals surface area contributed by atoms with Crippen LogP contribution in [0.4, 0.5) is 170 Å². The molecule has 0 saturated heterocycles. The maximum absolute atomic E-state index is 13.8. The fourth-order valence-electron chi connectivity index (χ4n) is 13.1. The molecule has 12 aromatic carbocycles. The third-order valence-electron chi connectivity index (χ3n) is 19.4. The van der Waals surface area contributed by atoms with Crippen LogP contribution in [0.2, 0.25) is 0 Å². The van der Waals surface area contributed by atoms with E-state index in [9.17, 15) is 136 Å². The highest BCUT2D eigenvalue weighted by atomic mass is 19.4. The Balaban J connectivity index is 0.000000131. The number of alkyl halides is 3. The molecule has 6 aliphatic rings. The normalized spacial score (nSPS) is 14.0. The van der Waals surface area contributed by atoms with Gasteiger partial charge in [0.2, 0.25) is 0 Å². The van der Waals surface area contributed by atoms with Gasteiger partial charge in [-0.25, -0.2) is 123 Å². The van der Waals surface area contributed by atoms with Gasteiger partial charge in [-0.2, -0.15) is 13.2 Å². The number of hydrogen-bond donors (Lipinski definition) is 0. The molecule has 0 saturated carbocycles. The Morgan fingerprint density at radius 2 is 0.516 bits per heavy atom. The molecule has 0 fully saturated rings. The van der Waals surface area contributed by atoms with Crippen LogP contribution in [0, 0.1) is 163 Å². The second-order valence-corrected chi connectivity index (χ2v) is 27.7. The van der Waals surface area contributed by atoms with Gasteiger partial charge in [-0.05, 0) is 72.8 Å². The van der Waals surface area contributed by atoms with Crippen LogP contribution in [0.15, 0.2) is 152 Å². The van der Waals surface area contributed by atoms with Crippen molar-refractivity contribution in [3.63, 3.8) is 0 Å². The molecule has 672 valence electrons. The monoisotopic (exact) mass is 1840 g/mol. The predicted octanol–water partition coefficient (Wildman–Crippen LogP) is 23.2. The van der Waals surface area contributed by atoms with Crippen LogP contribution in [0.5, 0.6) is 34.5 Å². The van der Waals surface area contributed by atoms with Crippen LogP contribution in [0.25, 0.3) is 0 Å². The van der Waals surface area contributed by atoms with Crippen molar-refractivity contribution in [3.8, 4) is 34.5 Å². The molecule has 12 aromatic rings. The number of nitrogens with zero attached hydrogens (tertiary/aromatic N) is 6. The average Bonchev–Trinajstić information content (AvgIpc) is 0.746. The summed E-state index contributed by atoms with van der Waals surface area (Å²) in [5, 5.41) is 0. The van der Waals surface area contributed by atoms with E-state index < -0.39 is 199 Å². The van der Waals surface area contributed by atoms with Crippen molar-refractivity contribution in [1.82, 2.24) is 0 Å². The van der Waals surface area contributed by atoms with Crippen molar-refractivity contribution in [3.05, 3.63) is 353 Å². The number of hydrogen-bond acceptors (Lipinski definition) is 12. The number of fused-ring (bicyclic) bond motifs is 6. The molecule has 6 heterocycles. The number of halogens is 31. The molecule has 18 rings (SSSR count). The zero-order valence-electron chi connectivity index (χ0n) is 63.8. The fourth-order valence-corrected chi connectivity index (χ4v) is 13.1. The lowest BCUT2D eigenvalue weighted by molar-refractivity contribution is -0.137. The summed E-state index contributed by atoms with van der Waals surface area (Å²) in [5.74, 6) is -35.3. The first-order valence-electron chi connectivity index (χ1n) is 36.3. The number of ether oxygens (including phenoxy) is 6. The molecule has 0 aromatic heterocycles. The van der Waals surface area contributed by atoms with Gasteiger partial charge in [0.25, 0.3) is 0 Å². The van der Waals surface area contributed by atoms with Crippen LogP contribution >= 0.6 is 0 Å². The van der Waals surface area contributed by atoms with Gasteiger partial charge in [-0.1, -0.05) is 6.07 Å². The molecule has 0 radical (unpaired) electrons. The minimum atomic E-state index is -4.52. The van der Waals surface area contributed by atoms with Crippen molar-refractivity contribution in [2.45, 2.75) is 45.4 Å². The molecule has 0 spiro atoms. The smallest absolute Gasteiger partial charge is 0.416 e. The number of rotatable bonds is 6. The van der Waals surface area contributed by atoms with Gasteiger partial charge >= 0.3 is 6.18 Å². The first-order chi connectivity index (χ1) is 60.6. The van der Waals surface area contributed by atoms with Gasteiger partial charge in [0.1, 0.15) is 75.0 Å². The minimum absolute atomic E-state index is 0.0141. The molecule has 12 nitrogen and oxygen atoms in total. The van der Waals surface area contributed by atoms with Gasteiger partial charge in [-0.15, -0.1) is 0 Å². The van der Waals surface area contributed by atoms with Gasteiger partial charge in [0.05, 0.1) is 78.3 Å². The largest absolute Gasteiger partial charge is 0.473 e. The molecular weight excluding hydrogens is 1790 g/mol. The van der Waals surface area contributed by atoms with E-state index in [2.05, 4.69) is 0 Å². The molecule has 0 unspecified atom stereocenters. The first-order valence-corrected chi connectivity index (χ1v) is 36.3. The summed E-state index contributed by atoms with van der Waals surface area (Å²) in [7, 11) is 0. The third kappa shape index (κ3) is 19.8. The zero-order valence-corrected chi connectivity index (χ0v) is 63.8. The lowest BCUT2D eigenvalue weighted by Crippen LogP contribution is -2.34. The topological polar surface area (TPSA) is 74.8 Å². The summed E-state index contributed by atoms with van der Waals surface area (Å²) in [6.07, 6.45) is -4.52. The summed E-state index contributed by atoms with van der Waals surface area (Å²) in [6.45, 7) is -2.32. The highest BCUT2D eigenvalue weighted by molar-refractivity contribution is 5.58. The lowest BCUT2D eigenvalue weighted by Gasteiger charge is -2.31. The van der Waals surface area contributed by atoms with Gasteiger partial charge in [0, 0.05) is 95.4 Å². The Morgan fingerprint density at radius 3 is 0.906 bits per heavy atom. The Hall–Kier alpha value is -13.9. The Bertz CT molecular complexity index is 6210. The Labute approximate surface area is 699 Å². The SMILES string of the molecule is Fc1cc(F)c(N2COc3cc(F)c(F)c(F)c3C2)c(F)c1.Fc1cc(F)c(N2COc3cc(F)c(F)cc3C2)c(F)c1.Fc1cc2c(c(F)c1F)CN(c1cccc(C(F)(F)F)c1)CO2.Fc1ccc(N2COc3cc(F)c(F)c(F)c3C2)c(F)c1.Fc1ccc(N2COc3cc(F)c(F)c(F)c3C2)cc1.Fc1ccc(N2COc3cc(F)c(F)c(F)c3C2)cc1F. The summed E-state index contributed by atoms with van der Waals surface area (Å²) in [6, 6.07) is 23.4. The van der Waals surface area contributed by atoms with E-state index in [-0.39, 0.29) is 151 Å². The molecule has 0 atom stereocenters. The highest BCUT2D eigenvalue weighted by Gasteiger charge is 2.36. The van der Waals surface area contributed by atoms with Crippen molar-refractivity contribution >= 4 is 34.1 Å². The summed E-state index contributed by atoms with van der Waals surface area (Å²) in [4.78, 5) is 7.53. The zero-order chi connectivity index (χ0) is 92.5. The molecular formula is C85H49F31N6O6. The molecule has 6 aliphatic heterocycles. The van der Waals surface area contributed by atoms with E-state index >= 15 is 0 Å². The maximum atomic E-state index is 13.8. The molecule has 0 amide bonds. The number of anilines is 6. The number of benzene rings is 12. The van der Waals surface area contributed by atoms with Crippen LogP contribution in [0.1, 0.15) is 38.9 Å². The Morgan fingerprint density at radius 1 is 0.211 bits per heavy atom. The predicted molar refractivity (Wildman–Crippen MR) is 391 cm³/mol. The molecule has 43 heteroatoms. The van der Waals surface area contributed by atoms with Crippen molar-refractivity contribution in [1.29, 1.82) is 0 Å². The maximum Gasteiger partial charge on any atom is 0.416 e. The van der Waals surface area contributed by atoms with Gasteiger partial charge in [0.15, 0.2) is 174 Å². The van der Waals surface area contributed by atoms with Crippen LogP contribution in [-0.2, 0) is 45.4 Å². The third-order valence-corrected chi connectivity index (χ3v) is 19.4. The standard InChI is InChI=1S/C15H9F6NO.C14H7F6NO.3C14H8F5NO.C14H9F4NO/c16-11-5-12-10(13(17)14(11)18)6-22(7-23-12)9-3-1-2-8(4-9)15(19,20)21;15-6-1-9(17)14(10(18)2-6)21-4-7-11(22-5-21)3-8(16)13(20)12(7)19;15-8-2-11(18)14(12(19)3-8)20-5-7-1-9(16)10(17)4-13(7)21-6-20;15-7-1-2-11(9(16)3-7)20-5-8-12(21-6-20)4-10(17)14(19)13(8)18;15-9-2-1-7(3-10(9)16)20-5-8-12(21-6-20)4-11(17)14(19)13(8)18;15-8-1-3-9(4-2-8)19-6-10-12(20-7-19)5-11(16)14(18)13(10)17/h1-5H,6-7H2;1-3H,4-5H2;3*1-4H,5-6H2;1-5H,6-7H2. The van der Waals surface area contributed by atoms with Crippen molar-refractivity contribution < 1.29 is 165 Å². The van der Waals surface area contributed by atoms with Crippen LogP contribution < -0.4 is 57.8 Å². The molecule has 0 aliphatic carbocycles. The fraction of sp³-hybridized carbons (Fsp3) is 0.153. The van der Waals surface area contributed by atoms with Crippen molar-refractivity contribution in [2.75, 3.05) is 69.8 Å². The summed E-state index contributed by atoms with van der Waals surface area (Å²) < 4.78 is 442. The van der Waals surface area contributed by atoms with E-state index in [4.69, 9.17) is 28.4 Å². The van der Waals surface area contributed by atoms with Gasteiger partial charge in [-0.3, -0.25) is 0 Å². The molecule has 0 bridgehead atoms. The van der Waals surface area contributed by atoms with Gasteiger partial charge < -0.3 is 57.8 Å². The second kappa shape index (κ2) is 37.7. The summed E-state index contributed by atoms with van der Waals surface area (Å²) in [5.41, 5.74) is -1.88. The highest BCUT2D eigenvalue weighted by Crippen LogP contribution is 2.42. The van der Waals surface area contributed by atoms with E-state index in [1.807, 2.05) is 0 Å². The average molecular weight is 1840 g/mol. The lowest BCUT2D eigenvalue weighted by atomic mass is 10.1. The molecule has 0 N–H and O–H groups in total. The van der Waals surface area contributed by atoms with E-state index in [1.54, 1.807) is 4.90 Å². The van der Waals surface area contributed by atoms with Crippen molar-refractivity contribution in [2.24, 2.45) is 0 Å². The Kier molecular flexibility index (Phi) is 27.0. The van der Waals surface area contributed by atoms with E-state index in [1.165, 1.54) is 57.2 Å². The van der Waals surface area contributed by atoms with E-state index in [0.717, 1.165) is 82.6 Å². The van der Waals surface area contributed by atoms with Crippen LogP contribution in [-0.4, -0.2) is 40.4 Å². The van der Waals surface area contributed by atoms with Crippen LogP contribution in [0.3, 0.4) is 0 Å². The minimum Gasteiger partial charge on any atom is -0.473 e. The second-order valence-electron chi connectivity index (χ2n) is 27.7. The molecule has 128 heavy (non-hydrogen) atoms. The van der Waals surface area contributed by atoms with E-state index in [0.29, 0.717) is 42.1 Å².